The van der Waals surface area contributed by atoms with E-state index in [1.165, 1.54) is 11.3 Å². The molecule has 4 heteroatoms. The van der Waals surface area contributed by atoms with Crippen LogP contribution in [0, 0.1) is 6.92 Å². The van der Waals surface area contributed by atoms with Crippen molar-refractivity contribution >= 4 is 17.3 Å². The van der Waals surface area contributed by atoms with Crippen LogP contribution in [0.5, 0.6) is 0 Å². The Balaban J connectivity index is 2.84. The molecule has 0 aliphatic carbocycles. The third-order valence-corrected chi connectivity index (χ3v) is 2.48. The molecule has 1 N–H and O–H groups in total. The maximum absolute atomic E-state index is 10.5. The normalized spacial score (nSPS) is 12.9. The van der Waals surface area contributed by atoms with E-state index in [2.05, 4.69) is 4.98 Å². The first-order valence-corrected chi connectivity index (χ1v) is 4.08. The lowest BCUT2D eigenvalue weighted by Crippen LogP contribution is -2.06. The number of carbonyl (C=O) groups is 1. The summed E-state index contributed by atoms with van der Waals surface area (Å²) in [5, 5.41) is 9.29. The van der Waals surface area contributed by atoms with Crippen molar-refractivity contribution in [3.63, 3.8) is 0 Å². The van der Waals surface area contributed by atoms with E-state index in [0.717, 1.165) is 4.88 Å². The summed E-state index contributed by atoms with van der Waals surface area (Å²) in [5.74, 6) is -1.30. The minimum atomic E-state index is -0.820. The van der Waals surface area contributed by atoms with Gasteiger partial charge in [0.15, 0.2) is 0 Å². The molecule has 0 saturated carbocycles. The van der Waals surface area contributed by atoms with E-state index < -0.39 is 11.9 Å². The Hall–Kier alpha value is -0.900. The second kappa shape index (κ2) is 3.00. The summed E-state index contributed by atoms with van der Waals surface area (Å²) in [6.07, 6.45) is 1.69. The number of hydrogen-bond acceptors (Lipinski definition) is 3. The number of nitrogens with zero attached hydrogens (tertiary/aromatic N) is 1. The largest absolute Gasteiger partial charge is 0.481 e. The van der Waals surface area contributed by atoms with Crippen molar-refractivity contribution in [3.8, 4) is 0 Å². The molecule has 3 nitrogen and oxygen atoms in total. The SMILES string of the molecule is Cc1cnc(C(C)C(=O)O)s1. The van der Waals surface area contributed by atoms with Gasteiger partial charge in [-0.1, -0.05) is 0 Å². The number of aryl methyl sites for hydroxylation is 1. The molecule has 1 heterocycles. The highest BCUT2D eigenvalue weighted by Gasteiger charge is 2.16. The minimum absolute atomic E-state index is 0.478. The van der Waals surface area contributed by atoms with Crippen LogP contribution in [0.15, 0.2) is 6.20 Å². The van der Waals surface area contributed by atoms with E-state index in [1.54, 1.807) is 13.1 Å². The van der Waals surface area contributed by atoms with Crippen molar-refractivity contribution < 1.29 is 9.90 Å². The average Bonchev–Trinajstić information content (AvgIpc) is 2.34. The standard InChI is InChI=1S/C7H9NO2S/c1-4-3-8-6(11-4)5(2)7(9)10/h3,5H,1-2H3,(H,9,10). The molecule has 1 aromatic heterocycles. The van der Waals surface area contributed by atoms with Gasteiger partial charge < -0.3 is 5.11 Å². The van der Waals surface area contributed by atoms with Gasteiger partial charge in [0.25, 0.3) is 0 Å². The number of carboxylic acids is 1. The lowest BCUT2D eigenvalue weighted by Gasteiger charge is -1.98. The highest BCUT2D eigenvalue weighted by Crippen LogP contribution is 2.20. The Bertz CT molecular complexity index is 269. The van der Waals surface area contributed by atoms with Gasteiger partial charge >= 0.3 is 5.97 Å². The van der Waals surface area contributed by atoms with Crippen molar-refractivity contribution in [1.82, 2.24) is 4.98 Å². The zero-order valence-electron chi connectivity index (χ0n) is 6.37. The van der Waals surface area contributed by atoms with Crippen molar-refractivity contribution in [3.05, 3.63) is 16.1 Å². The summed E-state index contributed by atoms with van der Waals surface area (Å²) >= 11 is 1.43. The summed E-state index contributed by atoms with van der Waals surface area (Å²) in [6, 6.07) is 0. The van der Waals surface area contributed by atoms with Crippen LogP contribution in [0.4, 0.5) is 0 Å². The molecule has 0 aliphatic rings. The van der Waals surface area contributed by atoms with Crippen molar-refractivity contribution in [1.29, 1.82) is 0 Å². The monoisotopic (exact) mass is 171 g/mol. The van der Waals surface area contributed by atoms with Crippen LogP contribution >= 0.6 is 11.3 Å². The molecule has 0 bridgehead atoms. The van der Waals surface area contributed by atoms with Gasteiger partial charge in [-0.15, -0.1) is 11.3 Å². The summed E-state index contributed by atoms with van der Waals surface area (Å²) in [7, 11) is 0. The fourth-order valence-corrected chi connectivity index (χ4v) is 1.50. The van der Waals surface area contributed by atoms with E-state index in [4.69, 9.17) is 5.11 Å². The highest BCUT2D eigenvalue weighted by atomic mass is 32.1. The minimum Gasteiger partial charge on any atom is -0.481 e. The number of hydrogen-bond donors (Lipinski definition) is 1. The molecular formula is C7H9NO2S. The number of rotatable bonds is 2. The first-order valence-electron chi connectivity index (χ1n) is 3.26. The third-order valence-electron chi connectivity index (χ3n) is 1.38. The Morgan fingerprint density at radius 3 is 2.82 bits per heavy atom. The number of thiazole rings is 1. The summed E-state index contributed by atoms with van der Waals surface area (Å²) in [6.45, 7) is 3.55. The van der Waals surface area contributed by atoms with E-state index in [1.807, 2.05) is 6.92 Å². The van der Waals surface area contributed by atoms with Gasteiger partial charge in [-0.05, 0) is 13.8 Å². The van der Waals surface area contributed by atoms with Crippen molar-refractivity contribution in [2.45, 2.75) is 19.8 Å². The fourth-order valence-electron chi connectivity index (χ4n) is 0.678. The Morgan fingerprint density at radius 1 is 1.82 bits per heavy atom. The average molecular weight is 171 g/mol. The molecule has 1 unspecified atom stereocenters. The molecule has 0 amide bonds. The van der Waals surface area contributed by atoms with Gasteiger partial charge in [-0.25, -0.2) is 4.98 Å². The first kappa shape index (κ1) is 8.20. The smallest absolute Gasteiger partial charge is 0.313 e. The zero-order chi connectivity index (χ0) is 8.43. The molecule has 0 aliphatic heterocycles. The van der Waals surface area contributed by atoms with Gasteiger partial charge in [0.05, 0.1) is 0 Å². The summed E-state index contributed by atoms with van der Waals surface area (Å²) in [4.78, 5) is 15.5. The fraction of sp³-hybridized carbons (Fsp3) is 0.429. The third kappa shape index (κ3) is 1.77. The quantitative estimate of drug-likeness (QED) is 0.735. The highest BCUT2D eigenvalue weighted by molar-refractivity contribution is 7.11. The van der Waals surface area contributed by atoms with Gasteiger partial charge in [0.1, 0.15) is 10.9 Å². The van der Waals surface area contributed by atoms with Crippen LogP contribution in [0.3, 0.4) is 0 Å². The molecule has 0 spiro atoms. The van der Waals surface area contributed by atoms with Gasteiger partial charge in [-0.2, -0.15) is 0 Å². The van der Waals surface area contributed by atoms with E-state index in [0.29, 0.717) is 5.01 Å². The topological polar surface area (TPSA) is 50.2 Å². The molecule has 0 radical (unpaired) electrons. The molecule has 11 heavy (non-hydrogen) atoms. The molecular weight excluding hydrogens is 162 g/mol. The molecule has 1 rings (SSSR count). The second-order valence-electron chi connectivity index (χ2n) is 2.37. The lowest BCUT2D eigenvalue weighted by molar-refractivity contribution is -0.138. The van der Waals surface area contributed by atoms with E-state index in [9.17, 15) is 4.79 Å². The Kier molecular flexibility index (Phi) is 2.24. The van der Waals surface area contributed by atoms with Crippen LogP contribution in [-0.4, -0.2) is 16.1 Å². The van der Waals surface area contributed by atoms with Crippen LogP contribution in [0.2, 0.25) is 0 Å². The predicted octanol–water partition coefficient (Wildman–Crippen LogP) is 1.64. The molecule has 1 aromatic rings. The second-order valence-corrected chi connectivity index (χ2v) is 3.64. The number of carboxylic acid groups (broad SMARTS) is 1. The molecule has 60 valence electrons. The Labute approximate surface area is 68.7 Å². The summed E-state index contributed by atoms with van der Waals surface area (Å²) in [5.41, 5.74) is 0. The van der Waals surface area contributed by atoms with Crippen LogP contribution in [0.1, 0.15) is 22.7 Å². The van der Waals surface area contributed by atoms with Gasteiger partial charge in [0.2, 0.25) is 0 Å². The maximum Gasteiger partial charge on any atom is 0.313 e. The van der Waals surface area contributed by atoms with Crippen LogP contribution < -0.4 is 0 Å². The summed E-state index contributed by atoms with van der Waals surface area (Å²) < 4.78 is 0. The number of aromatic nitrogens is 1. The Morgan fingerprint density at radius 2 is 2.45 bits per heavy atom. The van der Waals surface area contributed by atoms with Crippen LogP contribution in [0.25, 0.3) is 0 Å². The van der Waals surface area contributed by atoms with E-state index >= 15 is 0 Å². The maximum atomic E-state index is 10.5. The zero-order valence-corrected chi connectivity index (χ0v) is 7.18. The molecule has 0 saturated heterocycles. The van der Waals surface area contributed by atoms with Crippen LogP contribution in [-0.2, 0) is 4.79 Å². The lowest BCUT2D eigenvalue weighted by atomic mass is 10.2. The number of aliphatic carboxylic acids is 1. The van der Waals surface area contributed by atoms with E-state index in [-0.39, 0.29) is 0 Å². The predicted molar refractivity (Wildman–Crippen MR) is 42.9 cm³/mol. The van der Waals surface area contributed by atoms with Crippen molar-refractivity contribution in [2.24, 2.45) is 0 Å². The van der Waals surface area contributed by atoms with Gasteiger partial charge in [-0.3, -0.25) is 4.79 Å². The van der Waals surface area contributed by atoms with Gasteiger partial charge in [0, 0.05) is 11.1 Å². The first-order chi connectivity index (χ1) is 5.11. The van der Waals surface area contributed by atoms with Crippen molar-refractivity contribution in [2.75, 3.05) is 0 Å². The molecule has 0 aromatic carbocycles. The molecule has 1 atom stereocenters. The molecule has 0 fully saturated rings.